The lowest BCUT2D eigenvalue weighted by Gasteiger charge is -2.15. The normalized spacial score (nSPS) is 14.0. The van der Waals surface area contributed by atoms with E-state index < -0.39 is 0 Å². The summed E-state index contributed by atoms with van der Waals surface area (Å²) < 4.78 is 10.5. The zero-order chi connectivity index (χ0) is 19.6. The van der Waals surface area contributed by atoms with Crippen LogP contribution in [0.5, 0.6) is 11.6 Å². The zero-order valence-corrected chi connectivity index (χ0v) is 16.4. The molecule has 0 bridgehead atoms. The molecule has 0 N–H and O–H groups in total. The van der Waals surface area contributed by atoms with Crippen LogP contribution in [0.2, 0.25) is 5.02 Å². The Morgan fingerprint density at radius 1 is 1.26 bits per heavy atom. The third kappa shape index (κ3) is 3.40. The number of halogens is 1. The van der Waals surface area contributed by atoms with Crippen LogP contribution in [-0.4, -0.2) is 43.3 Å². The largest absolute Gasteiger partial charge is 0.491 e. The number of hydrogen-bond donors (Lipinski definition) is 0. The summed E-state index contributed by atoms with van der Waals surface area (Å²) >= 11 is 6.47. The van der Waals surface area contributed by atoms with Crippen LogP contribution in [-0.2, 0) is 6.54 Å². The van der Waals surface area contributed by atoms with Gasteiger partial charge < -0.3 is 14.4 Å². The fourth-order valence-electron chi connectivity index (χ4n) is 3.10. The molecule has 7 heteroatoms. The highest BCUT2D eigenvalue weighted by Gasteiger charge is 2.32. The second-order valence-corrected chi connectivity index (χ2v) is 6.33. The molecule has 1 aliphatic heterocycles. The third-order valence-corrected chi connectivity index (χ3v) is 4.69. The molecule has 0 aliphatic carbocycles. The first-order chi connectivity index (χ1) is 13.0. The predicted octanol–water partition coefficient (Wildman–Crippen LogP) is 3.98. The summed E-state index contributed by atoms with van der Waals surface area (Å²) in [6.07, 6.45) is 5.20. The second kappa shape index (κ2) is 7.80. The van der Waals surface area contributed by atoms with Gasteiger partial charge in [0.05, 0.1) is 37.0 Å². The van der Waals surface area contributed by atoms with Crippen LogP contribution < -0.4 is 9.47 Å². The molecule has 0 saturated carbocycles. The first-order valence-electron chi connectivity index (χ1n) is 8.35. The van der Waals surface area contributed by atoms with Crippen LogP contribution in [0.25, 0.3) is 11.1 Å². The molecule has 2 aromatic rings. The quantitative estimate of drug-likeness (QED) is 0.730. The second-order valence-electron chi connectivity index (χ2n) is 5.92. The van der Waals surface area contributed by atoms with Gasteiger partial charge in [-0.1, -0.05) is 17.7 Å². The number of carbonyl (C=O) groups excluding carboxylic acids is 1. The number of rotatable bonds is 5. The molecule has 1 aliphatic rings. The molecule has 1 amide bonds. The van der Waals surface area contributed by atoms with E-state index in [1.807, 2.05) is 25.1 Å². The van der Waals surface area contributed by atoms with E-state index in [2.05, 4.69) is 9.98 Å². The number of benzene rings is 1. The van der Waals surface area contributed by atoms with Crippen LogP contribution in [0, 0.1) is 0 Å². The predicted molar refractivity (Wildman–Crippen MR) is 106 cm³/mol. The zero-order valence-electron chi connectivity index (χ0n) is 15.6. The summed E-state index contributed by atoms with van der Waals surface area (Å²) in [6, 6.07) is 5.56. The molecule has 0 saturated heterocycles. The number of nitrogens with zero attached hydrogens (tertiary/aromatic N) is 3. The monoisotopic (exact) mass is 385 g/mol. The molecular weight excluding hydrogens is 366 g/mol. The number of carbonyl (C=O) groups is 1. The van der Waals surface area contributed by atoms with E-state index in [0.29, 0.717) is 28.8 Å². The maximum Gasteiger partial charge on any atom is 0.260 e. The standard InChI is InChI=1S/C20H20ClN3O3/c1-5-15(10-22-2)24-11-14-6-12(7-16(21)18(14)20(24)25)13-8-17(26-3)19(27-4)23-9-13/h5-10H,11H2,1-4H3/b15-5+,22-10?. The van der Waals surface area contributed by atoms with Gasteiger partial charge in [0.25, 0.3) is 11.8 Å². The average Bonchev–Trinajstić information content (AvgIpc) is 3.02. The van der Waals surface area contributed by atoms with Gasteiger partial charge in [0.1, 0.15) is 0 Å². The summed E-state index contributed by atoms with van der Waals surface area (Å²) in [5.74, 6) is 0.811. The smallest absolute Gasteiger partial charge is 0.260 e. The highest BCUT2D eigenvalue weighted by atomic mass is 35.5. The first-order valence-corrected chi connectivity index (χ1v) is 8.73. The van der Waals surface area contributed by atoms with Crippen LogP contribution in [0.1, 0.15) is 22.8 Å². The number of fused-ring (bicyclic) bond motifs is 1. The van der Waals surface area contributed by atoms with Crippen molar-refractivity contribution in [2.45, 2.75) is 13.5 Å². The average molecular weight is 386 g/mol. The number of allylic oxidation sites excluding steroid dienone is 2. The van der Waals surface area contributed by atoms with Gasteiger partial charge in [-0.3, -0.25) is 9.79 Å². The Bertz CT molecular complexity index is 954. The van der Waals surface area contributed by atoms with Crippen molar-refractivity contribution in [2.75, 3.05) is 21.3 Å². The van der Waals surface area contributed by atoms with Crippen molar-refractivity contribution in [3.63, 3.8) is 0 Å². The Labute approximate surface area is 163 Å². The van der Waals surface area contributed by atoms with Gasteiger partial charge in [-0.15, -0.1) is 0 Å². The highest BCUT2D eigenvalue weighted by Crippen LogP contribution is 2.37. The third-order valence-electron chi connectivity index (χ3n) is 4.39. The minimum atomic E-state index is -0.125. The minimum Gasteiger partial charge on any atom is -0.491 e. The number of ether oxygens (including phenoxy) is 2. The van der Waals surface area contributed by atoms with E-state index in [1.54, 1.807) is 37.5 Å². The molecule has 0 spiro atoms. The molecule has 3 rings (SSSR count). The Hall–Kier alpha value is -2.86. The van der Waals surface area contributed by atoms with E-state index in [1.165, 1.54) is 7.11 Å². The fourth-order valence-corrected chi connectivity index (χ4v) is 3.42. The van der Waals surface area contributed by atoms with E-state index in [4.69, 9.17) is 21.1 Å². The minimum absolute atomic E-state index is 0.125. The van der Waals surface area contributed by atoms with Crippen molar-refractivity contribution >= 4 is 23.7 Å². The van der Waals surface area contributed by atoms with Crippen LogP contribution in [0.15, 0.2) is 41.2 Å². The lowest BCUT2D eigenvalue weighted by molar-refractivity contribution is 0.0835. The molecule has 0 fully saturated rings. The number of amides is 1. The van der Waals surface area contributed by atoms with Crippen LogP contribution >= 0.6 is 11.6 Å². The van der Waals surface area contributed by atoms with Gasteiger partial charge in [-0.05, 0) is 36.2 Å². The molecule has 6 nitrogen and oxygen atoms in total. The molecule has 0 unspecified atom stereocenters. The van der Waals surface area contributed by atoms with Gasteiger partial charge >= 0.3 is 0 Å². The maximum atomic E-state index is 12.8. The Kier molecular flexibility index (Phi) is 5.46. The van der Waals surface area contributed by atoms with Gasteiger partial charge in [0, 0.05) is 25.0 Å². The molecule has 1 aromatic carbocycles. The molecule has 1 aromatic heterocycles. The summed E-state index contributed by atoms with van der Waals surface area (Å²) in [6.45, 7) is 2.31. The first kappa shape index (κ1) is 18.9. The number of hydrogen-bond acceptors (Lipinski definition) is 5. The van der Waals surface area contributed by atoms with Crippen LogP contribution in [0.4, 0.5) is 0 Å². The van der Waals surface area contributed by atoms with Crippen molar-refractivity contribution in [3.05, 3.63) is 52.3 Å². The summed E-state index contributed by atoms with van der Waals surface area (Å²) in [5.41, 5.74) is 3.81. The number of pyridine rings is 1. The topological polar surface area (TPSA) is 64.0 Å². The highest BCUT2D eigenvalue weighted by molar-refractivity contribution is 6.34. The van der Waals surface area contributed by atoms with Gasteiger partial charge in [-0.25, -0.2) is 4.98 Å². The Balaban J connectivity index is 2.04. The molecule has 2 heterocycles. The SMILES string of the molecule is C/C=C(\C=NC)N1Cc2cc(-c3cnc(OC)c(OC)c3)cc(Cl)c2C1=O. The lowest BCUT2D eigenvalue weighted by Crippen LogP contribution is -2.24. The maximum absolute atomic E-state index is 12.8. The van der Waals surface area contributed by atoms with E-state index in [-0.39, 0.29) is 5.91 Å². The van der Waals surface area contributed by atoms with Crippen LogP contribution in [0.3, 0.4) is 0 Å². The molecule has 27 heavy (non-hydrogen) atoms. The van der Waals surface area contributed by atoms with Gasteiger partial charge in [-0.2, -0.15) is 0 Å². The molecule has 140 valence electrons. The van der Waals surface area contributed by atoms with Gasteiger partial charge in [0.2, 0.25) is 0 Å². The summed E-state index contributed by atoms with van der Waals surface area (Å²) in [4.78, 5) is 22.8. The lowest BCUT2D eigenvalue weighted by atomic mass is 10.0. The van der Waals surface area contributed by atoms with Crippen molar-refractivity contribution < 1.29 is 14.3 Å². The van der Waals surface area contributed by atoms with Crippen molar-refractivity contribution in [1.82, 2.24) is 9.88 Å². The Morgan fingerprint density at radius 2 is 2.04 bits per heavy atom. The fraction of sp³-hybridized carbons (Fsp3) is 0.250. The summed E-state index contributed by atoms with van der Waals surface area (Å²) in [7, 11) is 4.77. The number of aromatic nitrogens is 1. The summed E-state index contributed by atoms with van der Waals surface area (Å²) in [5, 5.41) is 0.411. The number of methoxy groups -OCH3 is 2. The molecule has 0 radical (unpaired) electrons. The van der Waals surface area contributed by atoms with E-state index in [0.717, 1.165) is 22.4 Å². The molecule has 0 atom stereocenters. The van der Waals surface area contributed by atoms with E-state index in [9.17, 15) is 4.79 Å². The molecular formula is C20H20ClN3O3. The van der Waals surface area contributed by atoms with E-state index >= 15 is 0 Å². The number of aliphatic imine (C=N–C) groups is 1. The Morgan fingerprint density at radius 3 is 2.67 bits per heavy atom. The van der Waals surface area contributed by atoms with Crippen molar-refractivity contribution in [1.29, 1.82) is 0 Å². The van der Waals surface area contributed by atoms with Gasteiger partial charge in [0.15, 0.2) is 5.75 Å². The van der Waals surface area contributed by atoms with Crippen molar-refractivity contribution in [3.8, 4) is 22.8 Å². The van der Waals surface area contributed by atoms with Crippen molar-refractivity contribution in [2.24, 2.45) is 4.99 Å².